The molecule has 0 saturated carbocycles. The van der Waals surface area contributed by atoms with Crippen LogP contribution in [-0.2, 0) is 6.54 Å². The summed E-state index contributed by atoms with van der Waals surface area (Å²) in [7, 11) is 0. The summed E-state index contributed by atoms with van der Waals surface area (Å²) in [5.41, 5.74) is 8.98. The number of aromatic nitrogens is 3. The van der Waals surface area contributed by atoms with Crippen LogP contribution in [0.3, 0.4) is 0 Å². The Hall–Kier alpha value is -1.68. The molecule has 0 aliphatic heterocycles. The number of hydrogen-bond donors (Lipinski definition) is 1. The van der Waals surface area contributed by atoms with Crippen LogP contribution < -0.4 is 5.73 Å². The molecule has 0 unspecified atom stereocenters. The average Bonchev–Trinajstić information content (AvgIpc) is 2.58. The molecule has 0 bridgehead atoms. The number of benzene rings is 1. The summed E-state index contributed by atoms with van der Waals surface area (Å²) in [5, 5.41) is 4.38. The Labute approximate surface area is 95.1 Å². The van der Waals surface area contributed by atoms with Crippen LogP contribution in [0.1, 0.15) is 22.8 Å². The molecule has 0 aliphatic rings. The maximum Gasteiger partial charge on any atom is 0.148 e. The minimum absolute atomic E-state index is 0.542. The highest BCUT2D eigenvalue weighted by Gasteiger charge is 2.08. The molecule has 0 aliphatic carbocycles. The van der Waals surface area contributed by atoms with Gasteiger partial charge in [-0.1, -0.05) is 12.1 Å². The van der Waals surface area contributed by atoms with E-state index in [1.807, 2.05) is 24.6 Å². The van der Waals surface area contributed by atoms with E-state index in [0.717, 1.165) is 22.9 Å². The van der Waals surface area contributed by atoms with Crippen molar-refractivity contribution in [2.45, 2.75) is 27.3 Å². The molecule has 1 aromatic carbocycles. The Morgan fingerprint density at radius 1 is 1.25 bits per heavy atom. The van der Waals surface area contributed by atoms with Crippen LogP contribution in [0.15, 0.2) is 18.2 Å². The first-order valence-corrected chi connectivity index (χ1v) is 5.32. The molecular weight excluding hydrogens is 200 g/mol. The van der Waals surface area contributed by atoms with Crippen LogP contribution in [0.2, 0.25) is 0 Å². The van der Waals surface area contributed by atoms with E-state index < -0.39 is 0 Å². The van der Waals surface area contributed by atoms with Gasteiger partial charge in [0, 0.05) is 6.54 Å². The summed E-state index contributed by atoms with van der Waals surface area (Å²) in [5.74, 6) is 1.69. The summed E-state index contributed by atoms with van der Waals surface area (Å²) >= 11 is 0. The van der Waals surface area contributed by atoms with E-state index in [9.17, 15) is 0 Å². The SMILES string of the molecule is Cc1nc(C)n(-c2cc(CN)ccc2C)n1. The molecule has 4 heteroatoms. The largest absolute Gasteiger partial charge is 0.326 e. The topological polar surface area (TPSA) is 56.7 Å². The molecular formula is C12H16N4. The second-order valence-electron chi connectivity index (χ2n) is 3.94. The zero-order chi connectivity index (χ0) is 11.7. The lowest BCUT2D eigenvalue weighted by Crippen LogP contribution is -2.04. The van der Waals surface area contributed by atoms with Crippen LogP contribution in [0.25, 0.3) is 5.69 Å². The summed E-state index contributed by atoms with van der Waals surface area (Å²) in [6, 6.07) is 6.17. The molecule has 84 valence electrons. The molecule has 0 radical (unpaired) electrons. The van der Waals surface area contributed by atoms with Gasteiger partial charge in [-0.25, -0.2) is 9.67 Å². The van der Waals surface area contributed by atoms with Crippen LogP contribution in [0.4, 0.5) is 0 Å². The molecule has 4 nitrogen and oxygen atoms in total. The molecule has 1 aromatic heterocycles. The second-order valence-corrected chi connectivity index (χ2v) is 3.94. The number of nitrogens with two attached hydrogens (primary N) is 1. The fraction of sp³-hybridized carbons (Fsp3) is 0.333. The van der Waals surface area contributed by atoms with Gasteiger partial charge in [0.05, 0.1) is 5.69 Å². The van der Waals surface area contributed by atoms with Crippen molar-refractivity contribution >= 4 is 0 Å². The summed E-state index contributed by atoms with van der Waals surface area (Å²) in [6.07, 6.45) is 0. The number of aryl methyl sites for hydroxylation is 3. The average molecular weight is 216 g/mol. The first kappa shape index (κ1) is 10.8. The van der Waals surface area contributed by atoms with Crippen molar-refractivity contribution in [3.8, 4) is 5.69 Å². The zero-order valence-electron chi connectivity index (χ0n) is 9.86. The van der Waals surface area contributed by atoms with Gasteiger partial charge in [0.25, 0.3) is 0 Å². The van der Waals surface area contributed by atoms with Crippen molar-refractivity contribution in [3.63, 3.8) is 0 Å². The predicted molar refractivity (Wildman–Crippen MR) is 63.5 cm³/mol. The van der Waals surface area contributed by atoms with Crippen molar-refractivity contribution < 1.29 is 0 Å². The van der Waals surface area contributed by atoms with Gasteiger partial charge >= 0.3 is 0 Å². The fourth-order valence-corrected chi connectivity index (χ4v) is 1.76. The maximum absolute atomic E-state index is 5.64. The second kappa shape index (κ2) is 4.06. The molecule has 16 heavy (non-hydrogen) atoms. The molecule has 2 N–H and O–H groups in total. The third-order valence-electron chi connectivity index (χ3n) is 2.61. The molecule has 2 rings (SSSR count). The minimum Gasteiger partial charge on any atom is -0.326 e. The van der Waals surface area contributed by atoms with Gasteiger partial charge in [-0.3, -0.25) is 0 Å². The Morgan fingerprint density at radius 2 is 2.00 bits per heavy atom. The monoisotopic (exact) mass is 216 g/mol. The van der Waals surface area contributed by atoms with Crippen LogP contribution in [-0.4, -0.2) is 14.8 Å². The number of hydrogen-bond acceptors (Lipinski definition) is 3. The Balaban J connectivity index is 2.58. The molecule has 0 atom stereocenters. The Bertz CT molecular complexity index is 514. The lowest BCUT2D eigenvalue weighted by atomic mass is 10.1. The third kappa shape index (κ3) is 1.84. The van der Waals surface area contributed by atoms with Gasteiger partial charge in [0.1, 0.15) is 11.6 Å². The van der Waals surface area contributed by atoms with E-state index in [1.54, 1.807) is 0 Å². The zero-order valence-corrected chi connectivity index (χ0v) is 9.86. The molecule has 2 aromatic rings. The van der Waals surface area contributed by atoms with E-state index >= 15 is 0 Å². The quantitative estimate of drug-likeness (QED) is 0.830. The van der Waals surface area contributed by atoms with Gasteiger partial charge < -0.3 is 5.73 Å². The summed E-state index contributed by atoms with van der Waals surface area (Å²) < 4.78 is 1.86. The van der Waals surface area contributed by atoms with Gasteiger partial charge in [-0.15, -0.1) is 0 Å². The van der Waals surface area contributed by atoms with Crippen LogP contribution in [0, 0.1) is 20.8 Å². The molecule has 0 spiro atoms. The van der Waals surface area contributed by atoms with Crippen molar-refractivity contribution in [2.24, 2.45) is 5.73 Å². The van der Waals surface area contributed by atoms with E-state index in [2.05, 4.69) is 29.1 Å². The highest BCUT2D eigenvalue weighted by Crippen LogP contribution is 2.16. The molecule has 0 fully saturated rings. The van der Waals surface area contributed by atoms with Gasteiger partial charge in [0.2, 0.25) is 0 Å². The lowest BCUT2D eigenvalue weighted by molar-refractivity contribution is 0.822. The standard InChI is InChI=1S/C12H16N4/c1-8-4-5-11(7-13)6-12(8)16-10(3)14-9(2)15-16/h4-6H,7,13H2,1-3H3. The van der Waals surface area contributed by atoms with E-state index in [-0.39, 0.29) is 0 Å². The highest BCUT2D eigenvalue weighted by atomic mass is 15.3. The van der Waals surface area contributed by atoms with Crippen LogP contribution in [0.5, 0.6) is 0 Å². The smallest absolute Gasteiger partial charge is 0.148 e. The Morgan fingerprint density at radius 3 is 2.56 bits per heavy atom. The van der Waals surface area contributed by atoms with Crippen molar-refractivity contribution in [1.82, 2.24) is 14.8 Å². The van der Waals surface area contributed by atoms with Crippen LogP contribution >= 0.6 is 0 Å². The molecule has 0 saturated heterocycles. The highest BCUT2D eigenvalue weighted by molar-refractivity contribution is 5.43. The van der Waals surface area contributed by atoms with E-state index in [0.29, 0.717) is 6.54 Å². The summed E-state index contributed by atoms with van der Waals surface area (Å²) in [4.78, 5) is 4.30. The molecule has 0 amide bonds. The summed E-state index contributed by atoms with van der Waals surface area (Å²) in [6.45, 7) is 6.45. The minimum atomic E-state index is 0.542. The van der Waals surface area contributed by atoms with Crippen molar-refractivity contribution in [3.05, 3.63) is 41.0 Å². The number of rotatable bonds is 2. The van der Waals surface area contributed by atoms with E-state index in [1.165, 1.54) is 5.56 Å². The van der Waals surface area contributed by atoms with Crippen molar-refractivity contribution in [2.75, 3.05) is 0 Å². The fourth-order valence-electron chi connectivity index (χ4n) is 1.76. The normalized spacial score (nSPS) is 10.8. The third-order valence-corrected chi connectivity index (χ3v) is 2.61. The first-order valence-electron chi connectivity index (χ1n) is 5.32. The first-order chi connectivity index (χ1) is 7.61. The van der Waals surface area contributed by atoms with Gasteiger partial charge in [-0.05, 0) is 38.0 Å². The Kier molecular flexibility index (Phi) is 2.75. The van der Waals surface area contributed by atoms with Gasteiger partial charge in [-0.2, -0.15) is 5.10 Å². The number of nitrogens with zero attached hydrogens (tertiary/aromatic N) is 3. The predicted octanol–water partition coefficient (Wildman–Crippen LogP) is 1.65. The van der Waals surface area contributed by atoms with Gasteiger partial charge in [0.15, 0.2) is 0 Å². The van der Waals surface area contributed by atoms with E-state index in [4.69, 9.17) is 5.73 Å². The lowest BCUT2D eigenvalue weighted by Gasteiger charge is -2.08. The maximum atomic E-state index is 5.64. The van der Waals surface area contributed by atoms with Crippen molar-refractivity contribution in [1.29, 1.82) is 0 Å². The molecule has 1 heterocycles.